The topological polar surface area (TPSA) is 76.4 Å². The molecule has 0 spiro atoms. The van der Waals surface area contributed by atoms with Crippen LogP contribution in [0.4, 0.5) is 0 Å². The molecule has 0 saturated carbocycles. The number of aromatic nitrogens is 3. The van der Waals surface area contributed by atoms with Crippen molar-refractivity contribution in [1.29, 1.82) is 0 Å². The zero-order valence-corrected chi connectivity index (χ0v) is 7.72. The van der Waals surface area contributed by atoms with Gasteiger partial charge in [-0.05, 0) is 11.6 Å². The Kier molecular flexibility index (Phi) is 2.43. The van der Waals surface area contributed by atoms with Crippen molar-refractivity contribution in [3.8, 4) is 0 Å². The zero-order chi connectivity index (χ0) is 9.97. The van der Waals surface area contributed by atoms with Gasteiger partial charge in [-0.15, -0.1) is 10.2 Å². The summed E-state index contributed by atoms with van der Waals surface area (Å²) in [4.78, 5) is 0. The Labute approximate surface area is 81.2 Å². The standard InChI is InChI=1S/C9H12N4O/c10-5-7-1-2-8-11-12-9(3-4-14)13(8)6-7/h1-2,6,14H,3-5,10H2. The Hall–Kier alpha value is -1.46. The molecular formula is C9H12N4O. The lowest BCUT2D eigenvalue weighted by Gasteiger charge is -2.00. The molecule has 0 unspecified atom stereocenters. The van der Waals surface area contributed by atoms with E-state index in [2.05, 4.69) is 10.2 Å². The summed E-state index contributed by atoms with van der Waals surface area (Å²) >= 11 is 0. The fourth-order valence-electron chi connectivity index (χ4n) is 1.37. The summed E-state index contributed by atoms with van der Waals surface area (Å²) in [7, 11) is 0. The fraction of sp³-hybridized carbons (Fsp3) is 0.333. The van der Waals surface area contributed by atoms with Crippen molar-refractivity contribution in [2.24, 2.45) is 5.73 Å². The van der Waals surface area contributed by atoms with Crippen molar-refractivity contribution in [2.75, 3.05) is 6.61 Å². The first-order valence-corrected chi connectivity index (χ1v) is 4.48. The van der Waals surface area contributed by atoms with Gasteiger partial charge in [-0.25, -0.2) is 0 Å². The number of hydrogen-bond donors (Lipinski definition) is 2. The molecule has 0 aliphatic rings. The van der Waals surface area contributed by atoms with Crippen LogP contribution in [0.25, 0.3) is 5.65 Å². The van der Waals surface area contributed by atoms with Gasteiger partial charge in [0.2, 0.25) is 0 Å². The molecule has 5 heteroatoms. The van der Waals surface area contributed by atoms with Gasteiger partial charge in [0.05, 0.1) is 6.61 Å². The largest absolute Gasteiger partial charge is 0.396 e. The van der Waals surface area contributed by atoms with Gasteiger partial charge in [-0.1, -0.05) is 6.07 Å². The van der Waals surface area contributed by atoms with Gasteiger partial charge < -0.3 is 10.8 Å². The lowest BCUT2D eigenvalue weighted by atomic mass is 10.3. The average Bonchev–Trinajstić information content (AvgIpc) is 2.61. The molecule has 0 atom stereocenters. The molecule has 0 radical (unpaired) electrons. The van der Waals surface area contributed by atoms with Crippen molar-refractivity contribution in [3.63, 3.8) is 0 Å². The van der Waals surface area contributed by atoms with Gasteiger partial charge in [0.1, 0.15) is 5.82 Å². The summed E-state index contributed by atoms with van der Waals surface area (Å²) < 4.78 is 1.86. The summed E-state index contributed by atoms with van der Waals surface area (Å²) in [5.74, 6) is 0.762. The highest BCUT2D eigenvalue weighted by atomic mass is 16.3. The molecule has 14 heavy (non-hydrogen) atoms. The summed E-state index contributed by atoms with van der Waals surface area (Å²) in [6.07, 6.45) is 2.41. The Bertz CT molecular complexity index is 437. The third-order valence-corrected chi connectivity index (χ3v) is 2.11. The zero-order valence-electron chi connectivity index (χ0n) is 7.72. The van der Waals surface area contributed by atoms with Crippen LogP contribution in [0.3, 0.4) is 0 Å². The van der Waals surface area contributed by atoms with E-state index >= 15 is 0 Å². The maximum absolute atomic E-state index is 8.82. The molecule has 3 N–H and O–H groups in total. The number of aliphatic hydroxyl groups is 1. The maximum atomic E-state index is 8.82. The number of rotatable bonds is 3. The molecule has 74 valence electrons. The molecule has 2 rings (SSSR count). The number of nitrogens with two attached hydrogens (primary N) is 1. The Morgan fingerprint density at radius 3 is 2.93 bits per heavy atom. The minimum absolute atomic E-state index is 0.0770. The molecule has 2 aromatic heterocycles. The van der Waals surface area contributed by atoms with E-state index in [1.165, 1.54) is 0 Å². The highest BCUT2D eigenvalue weighted by molar-refractivity contribution is 5.39. The number of aliphatic hydroxyl groups excluding tert-OH is 1. The SMILES string of the molecule is NCc1ccc2nnc(CCO)n2c1. The quantitative estimate of drug-likeness (QED) is 0.701. The molecule has 5 nitrogen and oxygen atoms in total. The third-order valence-electron chi connectivity index (χ3n) is 2.11. The summed E-state index contributed by atoms with van der Waals surface area (Å²) in [5.41, 5.74) is 7.34. The van der Waals surface area contributed by atoms with Gasteiger partial charge in [-0.2, -0.15) is 0 Å². The van der Waals surface area contributed by atoms with Gasteiger partial charge in [-0.3, -0.25) is 4.40 Å². The molecule has 0 bridgehead atoms. The predicted molar refractivity (Wildman–Crippen MR) is 51.7 cm³/mol. The van der Waals surface area contributed by atoms with Gasteiger partial charge >= 0.3 is 0 Å². The summed E-state index contributed by atoms with van der Waals surface area (Å²) in [5, 5.41) is 16.8. The molecule has 0 saturated heterocycles. The van der Waals surface area contributed by atoms with Crippen LogP contribution < -0.4 is 5.73 Å². The first kappa shape index (κ1) is 9.11. The van der Waals surface area contributed by atoms with Gasteiger partial charge in [0, 0.05) is 19.2 Å². The van der Waals surface area contributed by atoms with Crippen molar-refractivity contribution in [3.05, 3.63) is 29.7 Å². The third kappa shape index (κ3) is 1.47. The second-order valence-electron chi connectivity index (χ2n) is 3.06. The Balaban J connectivity index is 2.52. The van der Waals surface area contributed by atoms with Crippen LogP contribution in [-0.4, -0.2) is 26.3 Å². The van der Waals surface area contributed by atoms with Crippen LogP contribution in [0.2, 0.25) is 0 Å². The van der Waals surface area contributed by atoms with E-state index in [4.69, 9.17) is 10.8 Å². The molecule has 0 amide bonds. The van der Waals surface area contributed by atoms with Crippen molar-refractivity contribution >= 4 is 5.65 Å². The second-order valence-corrected chi connectivity index (χ2v) is 3.06. The van der Waals surface area contributed by atoms with Gasteiger partial charge in [0.15, 0.2) is 5.65 Å². The Morgan fingerprint density at radius 1 is 1.36 bits per heavy atom. The van der Waals surface area contributed by atoms with E-state index in [9.17, 15) is 0 Å². The van der Waals surface area contributed by atoms with E-state index in [0.29, 0.717) is 13.0 Å². The number of pyridine rings is 1. The van der Waals surface area contributed by atoms with Crippen molar-refractivity contribution < 1.29 is 5.11 Å². The molecule has 2 heterocycles. The van der Waals surface area contributed by atoms with Crippen molar-refractivity contribution in [1.82, 2.24) is 14.6 Å². The van der Waals surface area contributed by atoms with Crippen LogP contribution in [-0.2, 0) is 13.0 Å². The van der Waals surface area contributed by atoms with E-state index in [-0.39, 0.29) is 6.61 Å². The van der Waals surface area contributed by atoms with Crippen molar-refractivity contribution in [2.45, 2.75) is 13.0 Å². The maximum Gasteiger partial charge on any atom is 0.160 e. The highest BCUT2D eigenvalue weighted by Crippen LogP contribution is 2.06. The van der Waals surface area contributed by atoms with Gasteiger partial charge in [0.25, 0.3) is 0 Å². The first-order valence-electron chi connectivity index (χ1n) is 4.48. The number of fused-ring (bicyclic) bond motifs is 1. The minimum Gasteiger partial charge on any atom is -0.396 e. The monoisotopic (exact) mass is 192 g/mol. The molecular weight excluding hydrogens is 180 g/mol. The van der Waals surface area contributed by atoms with Crippen LogP contribution in [0.5, 0.6) is 0 Å². The number of nitrogens with zero attached hydrogens (tertiary/aromatic N) is 3. The molecule has 0 aromatic carbocycles. The molecule has 0 fully saturated rings. The summed E-state index contributed by atoms with van der Waals surface area (Å²) in [6.45, 7) is 0.570. The predicted octanol–water partition coefficient (Wildman–Crippen LogP) is -0.277. The van der Waals surface area contributed by atoms with Crippen LogP contribution in [0.1, 0.15) is 11.4 Å². The van der Waals surface area contributed by atoms with E-state index in [1.54, 1.807) is 0 Å². The highest BCUT2D eigenvalue weighted by Gasteiger charge is 2.04. The normalized spacial score (nSPS) is 11.0. The first-order chi connectivity index (χ1) is 6.85. The van der Waals surface area contributed by atoms with E-state index in [1.807, 2.05) is 22.7 Å². The molecule has 0 aliphatic carbocycles. The smallest absolute Gasteiger partial charge is 0.160 e. The van der Waals surface area contributed by atoms with E-state index in [0.717, 1.165) is 17.0 Å². The lowest BCUT2D eigenvalue weighted by Crippen LogP contribution is -2.02. The average molecular weight is 192 g/mol. The van der Waals surface area contributed by atoms with Crippen LogP contribution in [0, 0.1) is 0 Å². The number of hydrogen-bond acceptors (Lipinski definition) is 4. The van der Waals surface area contributed by atoms with Crippen LogP contribution in [0.15, 0.2) is 18.3 Å². The molecule has 2 aromatic rings. The second kappa shape index (κ2) is 3.73. The Morgan fingerprint density at radius 2 is 2.21 bits per heavy atom. The van der Waals surface area contributed by atoms with E-state index < -0.39 is 0 Å². The summed E-state index contributed by atoms with van der Waals surface area (Å²) in [6, 6.07) is 3.79. The molecule has 0 aliphatic heterocycles. The fourth-order valence-corrected chi connectivity index (χ4v) is 1.37. The minimum atomic E-state index is 0.0770. The van der Waals surface area contributed by atoms with Crippen LogP contribution >= 0.6 is 0 Å². The lowest BCUT2D eigenvalue weighted by molar-refractivity contribution is 0.296.